The van der Waals surface area contributed by atoms with Gasteiger partial charge in [-0.05, 0) is 42.4 Å². The van der Waals surface area contributed by atoms with Crippen molar-refractivity contribution in [1.82, 2.24) is 14.8 Å². The number of fused-ring (bicyclic) bond motifs is 1. The molecule has 208 valence electrons. The number of carbonyl (C=O) groups is 1. The minimum atomic E-state index is -0.530. The topological polar surface area (TPSA) is 78.3 Å². The molecule has 39 heavy (non-hydrogen) atoms. The smallest absolute Gasteiger partial charge is 0.338 e. The van der Waals surface area contributed by atoms with E-state index < -0.39 is 6.04 Å². The number of benzene rings is 2. The normalized spacial score (nSPS) is 15.1. The highest BCUT2D eigenvalue weighted by Crippen LogP contribution is 2.40. The van der Waals surface area contributed by atoms with E-state index in [4.69, 9.17) is 19.6 Å². The van der Waals surface area contributed by atoms with E-state index in [0.717, 1.165) is 36.1 Å². The van der Waals surface area contributed by atoms with Crippen molar-refractivity contribution in [3.8, 4) is 5.75 Å². The fraction of sp³-hybridized carbons (Fsp3) is 0.452. The van der Waals surface area contributed by atoms with Gasteiger partial charge in [-0.25, -0.2) is 9.48 Å². The Kier molecular flexibility index (Phi) is 9.38. The summed E-state index contributed by atoms with van der Waals surface area (Å²) in [6, 6.07) is 15.8. The van der Waals surface area contributed by atoms with Crippen LogP contribution in [0.15, 0.2) is 65.0 Å². The number of carbonyl (C=O) groups excluding carboxylic acids is 1. The average Bonchev–Trinajstić information content (AvgIpc) is 3.32. The molecule has 3 aromatic rings. The zero-order valence-electron chi connectivity index (χ0n) is 23.9. The number of thioether (sulfide) groups is 1. The quantitative estimate of drug-likeness (QED) is 0.153. The highest BCUT2D eigenvalue weighted by molar-refractivity contribution is 7.99. The van der Waals surface area contributed by atoms with Crippen LogP contribution in [0.25, 0.3) is 0 Å². The van der Waals surface area contributed by atoms with Crippen molar-refractivity contribution in [2.75, 3.05) is 17.7 Å². The second-order valence-electron chi connectivity index (χ2n) is 10.8. The number of rotatable bonds is 11. The number of allylic oxidation sites excluding steroid dienone is 1. The molecule has 0 fully saturated rings. The highest BCUT2D eigenvalue weighted by atomic mass is 32.2. The van der Waals surface area contributed by atoms with Crippen molar-refractivity contribution < 1.29 is 14.3 Å². The molecule has 0 amide bonds. The summed E-state index contributed by atoms with van der Waals surface area (Å²) in [5.74, 6) is 1.88. The third-order valence-corrected chi connectivity index (χ3v) is 7.57. The van der Waals surface area contributed by atoms with Gasteiger partial charge in [0.15, 0.2) is 0 Å². The number of hydrogen-bond donors (Lipinski definition) is 1. The molecule has 8 heteroatoms. The zero-order chi connectivity index (χ0) is 28.0. The van der Waals surface area contributed by atoms with E-state index in [2.05, 4.69) is 57.3 Å². The van der Waals surface area contributed by atoms with Crippen molar-refractivity contribution in [3.63, 3.8) is 0 Å². The molecule has 0 saturated heterocycles. The molecule has 1 aliphatic heterocycles. The number of nitrogens with zero attached hydrogens (tertiary/aromatic N) is 3. The Morgan fingerprint density at radius 2 is 1.82 bits per heavy atom. The summed E-state index contributed by atoms with van der Waals surface area (Å²) in [5, 5.41) is 8.80. The van der Waals surface area contributed by atoms with Gasteiger partial charge in [0.05, 0.1) is 12.2 Å². The van der Waals surface area contributed by atoms with Crippen LogP contribution in [0.1, 0.15) is 83.5 Å². The molecule has 7 nitrogen and oxygen atoms in total. The standard InChI is InChI=1S/C31H40N4O3S/c1-7-9-19-39-30-33-29-32-21(3)26(28(36)37-18-8-2)27(35(29)34-30)24-12-10-11-13-25(24)38-20-22-14-16-23(17-15-22)31(4,5)6/h10-17,27H,7-9,18-20H2,1-6H3,(H,32,33,34). The fourth-order valence-electron chi connectivity index (χ4n) is 4.42. The van der Waals surface area contributed by atoms with Crippen molar-refractivity contribution in [2.24, 2.45) is 0 Å². The van der Waals surface area contributed by atoms with E-state index in [1.165, 1.54) is 5.56 Å². The minimum absolute atomic E-state index is 0.0944. The predicted octanol–water partition coefficient (Wildman–Crippen LogP) is 7.29. The van der Waals surface area contributed by atoms with Gasteiger partial charge in [-0.15, -0.1) is 5.10 Å². The Labute approximate surface area is 236 Å². The van der Waals surface area contributed by atoms with E-state index in [1.807, 2.05) is 38.1 Å². The van der Waals surface area contributed by atoms with Gasteiger partial charge in [-0.2, -0.15) is 4.98 Å². The molecule has 0 spiro atoms. The van der Waals surface area contributed by atoms with Gasteiger partial charge >= 0.3 is 5.97 Å². The number of esters is 1. The van der Waals surface area contributed by atoms with Crippen LogP contribution in [0.2, 0.25) is 0 Å². The fourth-order valence-corrected chi connectivity index (χ4v) is 5.34. The van der Waals surface area contributed by atoms with E-state index in [-0.39, 0.29) is 11.4 Å². The van der Waals surface area contributed by atoms with Crippen molar-refractivity contribution in [3.05, 3.63) is 76.5 Å². The molecule has 0 saturated carbocycles. The van der Waals surface area contributed by atoms with Crippen LogP contribution in [0, 0.1) is 0 Å². The third kappa shape index (κ3) is 6.85. The number of anilines is 1. The van der Waals surface area contributed by atoms with Crippen LogP contribution in [0.5, 0.6) is 5.75 Å². The van der Waals surface area contributed by atoms with E-state index in [0.29, 0.717) is 41.3 Å². The molecule has 1 aromatic heterocycles. The van der Waals surface area contributed by atoms with Crippen molar-refractivity contribution in [2.45, 2.75) is 84.0 Å². The maximum atomic E-state index is 13.4. The maximum absolute atomic E-state index is 13.4. The van der Waals surface area contributed by atoms with Crippen LogP contribution >= 0.6 is 11.8 Å². The number of nitrogens with one attached hydrogen (secondary N) is 1. The van der Waals surface area contributed by atoms with Gasteiger partial charge in [0.25, 0.3) is 0 Å². The molecule has 1 unspecified atom stereocenters. The lowest BCUT2D eigenvalue weighted by Gasteiger charge is -2.29. The third-order valence-electron chi connectivity index (χ3n) is 6.65. The van der Waals surface area contributed by atoms with Crippen LogP contribution in [-0.2, 0) is 21.6 Å². The van der Waals surface area contributed by atoms with Crippen LogP contribution in [0.4, 0.5) is 5.95 Å². The van der Waals surface area contributed by atoms with E-state index in [9.17, 15) is 4.79 Å². The van der Waals surface area contributed by atoms with Crippen LogP contribution < -0.4 is 10.1 Å². The molecule has 1 N–H and O–H groups in total. The summed E-state index contributed by atoms with van der Waals surface area (Å²) in [4.78, 5) is 18.1. The van der Waals surface area contributed by atoms with Crippen molar-refractivity contribution >= 4 is 23.7 Å². The molecule has 1 aliphatic rings. The molecular weight excluding hydrogens is 508 g/mol. The van der Waals surface area contributed by atoms with Crippen molar-refractivity contribution in [1.29, 1.82) is 0 Å². The average molecular weight is 549 g/mol. The van der Waals surface area contributed by atoms with E-state index >= 15 is 0 Å². The Morgan fingerprint density at radius 3 is 2.51 bits per heavy atom. The molecule has 4 rings (SSSR count). The van der Waals surface area contributed by atoms with Crippen LogP contribution in [0.3, 0.4) is 0 Å². The SMILES string of the molecule is CCCCSc1nc2n(n1)C(c1ccccc1OCc1ccc(C(C)(C)C)cc1)C(C(=O)OCCC)=C(C)N2. The lowest BCUT2D eigenvalue weighted by molar-refractivity contribution is -0.139. The Morgan fingerprint density at radius 1 is 1.08 bits per heavy atom. The highest BCUT2D eigenvalue weighted by Gasteiger charge is 2.36. The lowest BCUT2D eigenvalue weighted by atomic mass is 9.87. The first kappa shape index (κ1) is 28.7. The number of unbranched alkanes of at least 4 members (excludes halogenated alkanes) is 1. The Hall–Kier alpha value is -3.26. The first-order chi connectivity index (χ1) is 18.7. The van der Waals surface area contributed by atoms with Gasteiger partial charge in [-0.3, -0.25) is 0 Å². The first-order valence-electron chi connectivity index (χ1n) is 13.8. The number of ether oxygens (including phenoxy) is 2. The lowest BCUT2D eigenvalue weighted by Crippen LogP contribution is -2.30. The Bertz CT molecular complexity index is 1310. The van der Waals surface area contributed by atoms with Gasteiger partial charge < -0.3 is 14.8 Å². The summed E-state index contributed by atoms with van der Waals surface area (Å²) in [6.07, 6.45) is 2.94. The summed E-state index contributed by atoms with van der Waals surface area (Å²) in [6.45, 7) is 13.4. The maximum Gasteiger partial charge on any atom is 0.338 e. The number of hydrogen-bond acceptors (Lipinski definition) is 7. The minimum Gasteiger partial charge on any atom is -0.489 e. The van der Waals surface area contributed by atoms with E-state index in [1.54, 1.807) is 16.4 Å². The second-order valence-corrected chi connectivity index (χ2v) is 11.9. The molecular formula is C31H40N4O3S. The van der Waals surface area contributed by atoms with Gasteiger partial charge in [-0.1, -0.05) is 95.3 Å². The molecule has 1 atom stereocenters. The van der Waals surface area contributed by atoms with Crippen LogP contribution in [-0.4, -0.2) is 33.1 Å². The zero-order valence-corrected chi connectivity index (χ0v) is 24.7. The number of para-hydroxylation sites is 1. The van der Waals surface area contributed by atoms with Gasteiger partial charge in [0.1, 0.15) is 18.4 Å². The first-order valence-corrected chi connectivity index (χ1v) is 14.8. The predicted molar refractivity (Wildman–Crippen MR) is 157 cm³/mol. The largest absolute Gasteiger partial charge is 0.489 e. The summed E-state index contributed by atoms with van der Waals surface area (Å²) in [7, 11) is 0. The molecule has 2 aromatic carbocycles. The molecule has 0 bridgehead atoms. The van der Waals surface area contributed by atoms with Gasteiger partial charge in [0.2, 0.25) is 11.1 Å². The summed E-state index contributed by atoms with van der Waals surface area (Å²) in [5.41, 5.74) is 4.51. The molecule has 2 heterocycles. The molecule has 0 aliphatic carbocycles. The molecule has 0 radical (unpaired) electrons. The second kappa shape index (κ2) is 12.7. The number of aromatic nitrogens is 3. The Balaban J connectivity index is 1.68. The summed E-state index contributed by atoms with van der Waals surface area (Å²) >= 11 is 1.63. The monoisotopic (exact) mass is 548 g/mol. The van der Waals surface area contributed by atoms with Gasteiger partial charge in [0, 0.05) is 17.0 Å². The summed E-state index contributed by atoms with van der Waals surface area (Å²) < 4.78 is 13.8.